The van der Waals surface area contributed by atoms with Crippen molar-refractivity contribution < 1.29 is 5.11 Å². The number of nitrogens with zero attached hydrogens (tertiary/aromatic N) is 1. The molecule has 1 aromatic carbocycles. The van der Waals surface area contributed by atoms with Crippen molar-refractivity contribution in [1.29, 1.82) is 0 Å². The van der Waals surface area contributed by atoms with Gasteiger partial charge in [0.25, 0.3) is 0 Å². The zero-order chi connectivity index (χ0) is 14.0. The second kappa shape index (κ2) is 5.96. The van der Waals surface area contributed by atoms with Crippen molar-refractivity contribution in [2.75, 3.05) is 19.0 Å². The van der Waals surface area contributed by atoms with Crippen LogP contribution in [0.4, 0.5) is 5.69 Å². The SMILES string of the molecule is CC1CC(C)CC(C(O)c2cccc(N(C)C)c2)C1. The highest BCUT2D eigenvalue weighted by Gasteiger charge is 2.29. The lowest BCUT2D eigenvalue weighted by Crippen LogP contribution is -2.24. The van der Waals surface area contributed by atoms with Crippen LogP contribution in [0.5, 0.6) is 0 Å². The molecule has 2 nitrogen and oxygen atoms in total. The maximum atomic E-state index is 10.7. The highest BCUT2D eigenvalue weighted by atomic mass is 16.3. The van der Waals surface area contributed by atoms with Crippen LogP contribution in [-0.2, 0) is 0 Å². The van der Waals surface area contributed by atoms with E-state index in [0.717, 1.165) is 35.9 Å². The van der Waals surface area contributed by atoms with Crippen LogP contribution >= 0.6 is 0 Å². The van der Waals surface area contributed by atoms with E-state index in [9.17, 15) is 5.11 Å². The van der Waals surface area contributed by atoms with Crippen molar-refractivity contribution in [3.05, 3.63) is 29.8 Å². The van der Waals surface area contributed by atoms with Gasteiger partial charge < -0.3 is 10.0 Å². The van der Waals surface area contributed by atoms with Crippen LogP contribution in [0.3, 0.4) is 0 Å². The first-order valence-corrected chi connectivity index (χ1v) is 7.42. The molecule has 3 atom stereocenters. The molecule has 19 heavy (non-hydrogen) atoms. The summed E-state index contributed by atoms with van der Waals surface area (Å²) in [7, 11) is 4.08. The summed E-state index contributed by atoms with van der Waals surface area (Å²) in [6.07, 6.45) is 3.29. The molecule has 0 heterocycles. The Kier molecular flexibility index (Phi) is 4.51. The first-order valence-electron chi connectivity index (χ1n) is 7.42. The topological polar surface area (TPSA) is 23.5 Å². The molecule has 0 amide bonds. The second-order valence-corrected chi connectivity index (χ2v) is 6.61. The summed E-state index contributed by atoms with van der Waals surface area (Å²) in [6, 6.07) is 8.31. The van der Waals surface area contributed by atoms with E-state index in [2.05, 4.69) is 36.9 Å². The minimum absolute atomic E-state index is 0.315. The van der Waals surface area contributed by atoms with Crippen molar-refractivity contribution in [3.8, 4) is 0 Å². The van der Waals surface area contributed by atoms with Gasteiger partial charge in [-0.05, 0) is 54.7 Å². The van der Waals surface area contributed by atoms with E-state index in [-0.39, 0.29) is 6.10 Å². The molecule has 0 aliphatic heterocycles. The molecule has 0 bridgehead atoms. The third-order valence-electron chi connectivity index (χ3n) is 4.39. The smallest absolute Gasteiger partial charge is 0.0819 e. The van der Waals surface area contributed by atoms with Gasteiger partial charge in [0.05, 0.1) is 6.10 Å². The van der Waals surface area contributed by atoms with Gasteiger partial charge in [-0.25, -0.2) is 0 Å². The minimum Gasteiger partial charge on any atom is -0.388 e. The normalized spacial score (nSPS) is 29.0. The van der Waals surface area contributed by atoms with Gasteiger partial charge in [-0.3, -0.25) is 0 Å². The fraction of sp³-hybridized carbons (Fsp3) is 0.647. The second-order valence-electron chi connectivity index (χ2n) is 6.61. The fourth-order valence-electron chi connectivity index (χ4n) is 3.53. The molecule has 2 rings (SSSR count). The molecular formula is C17H27NO. The van der Waals surface area contributed by atoms with Crippen LogP contribution < -0.4 is 4.90 Å². The van der Waals surface area contributed by atoms with E-state index in [0.29, 0.717) is 5.92 Å². The number of anilines is 1. The van der Waals surface area contributed by atoms with Crippen LogP contribution in [0.25, 0.3) is 0 Å². The van der Waals surface area contributed by atoms with Crippen LogP contribution in [0.15, 0.2) is 24.3 Å². The lowest BCUT2D eigenvalue weighted by Gasteiger charge is -2.34. The summed E-state index contributed by atoms with van der Waals surface area (Å²) >= 11 is 0. The number of aliphatic hydroxyl groups is 1. The minimum atomic E-state index is -0.315. The average Bonchev–Trinajstić information content (AvgIpc) is 2.37. The quantitative estimate of drug-likeness (QED) is 0.893. The predicted molar refractivity (Wildman–Crippen MR) is 81.4 cm³/mol. The van der Waals surface area contributed by atoms with Crippen molar-refractivity contribution in [3.63, 3.8) is 0 Å². The molecule has 2 heteroatoms. The molecule has 1 aliphatic carbocycles. The molecule has 1 fully saturated rings. The Morgan fingerprint density at radius 3 is 2.32 bits per heavy atom. The van der Waals surface area contributed by atoms with E-state index in [4.69, 9.17) is 0 Å². The van der Waals surface area contributed by atoms with E-state index in [1.165, 1.54) is 6.42 Å². The van der Waals surface area contributed by atoms with Crippen molar-refractivity contribution >= 4 is 5.69 Å². The average molecular weight is 261 g/mol. The van der Waals surface area contributed by atoms with Gasteiger partial charge in [0, 0.05) is 19.8 Å². The van der Waals surface area contributed by atoms with E-state index < -0.39 is 0 Å². The maximum absolute atomic E-state index is 10.7. The van der Waals surface area contributed by atoms with Gasteiger partial charge in [0.2, 0.25) is 0 Å². The van der Waals surface area contributed by atoms with Gasteiger partial charge in [-0.15, -0.1) is 0 Å². The Bertz CT molecular complexity index is 405. The summed E-state index contributed by atoms with van der Waals surface area (Å²) in [5.41, 5.74) is 2.23. The van der Waals surface area contributed by atoms with Gasteiger partial charge in [-0.2, -0.15) is 0 Å². The Balaban J connectivity index is 2.14. The Morgan fingerprint density at radius 1 is 1.11 bits per heavy atom. The Labute approximate surface area is 117 Å². The molecule has 0 aromatic heterocycles. The molecule has 0 saturated heterocycles. The monoisotopic (exact) mass is 261 g/mol. The molecule has 3 unspecified atom stereocenters. The Hall–Kier alpha value is -1.02. The van der Waals surface area contributed by atoms with Gasteiger partial charge in [-0.1, -0.05) is 26.0 Å². The predicted octanol–water partition coefficient (Wildman–Crippen LogP) is 3.86. The number of hydrogen-bond acceptors (Lipinski definition) is 2. The zero-order valence-electron chi connectivity index (χ0n) is 12.6. The van der Waals surface area contributed by atoms with Crippen LogP contribution in [0, 0.1) is 17.8 Å². The van der Waals surface area contributed by atoms with Gasteiger partial charge in [0.15, 0.2) is 0 Å². The number of rotatable bonds is 3. The largest absolute Gasteiger partial charge is 0.388 e. The highest BCUT2D eigenvalue weighted by molar-refractivity contribution is 5.47. The first-order chi connectivity index (χ1) is 8.97. The third kappa shape index (κ3) is 3.50. The van der Waals surface area contributed by atoms with E-state index >= 15 is 0 Å². The van der Waals surface area contributed by atoms with E-state index in [1.807, 2.05) is 20.2 Å². The van der Waals surface area contributed by atoms with Crippen molar-refractivity contribution in [2.45, 2.75) is 39.2 Å². The third-order valence-corrected chi connectivity index (χ3v) is 4.39. The molecule has 0 spiro atoms. The zero-order valence-corrected chi connectivity index (χ0v) is 12.6. The molecule has 0 radical (unpaired) electrons. The lowest BCUT2D eigenvalue weighted by molar-refractivity contribution is 0.0552. The van der Waals surface area contributed by atoms with E-state index in [1.54, 1.807) is 0 Å². The number of aliphatic hydroxyl groups excluding tert-OH is 1. The highest BCUT2D eigenvalue weighted by Crippen LogP contribution is 2.40. The van der Waals surface area contributed by atoms with Gasteiger partial charge in [0.1, 0.15) is 0 Å². The van der Waals surface area contributed by atoms with Gasteiger partial charge >= 0.3 is 0 Å². The number of benzene rings is 1. The standard InChI is InChI=1S/C17H27NO/c1-12-8-13(2)10-15(9-12)17(19)14-6-5-7-16(11-14)18(3)4/h5-7,11-13,15,17,19H,8-10H2,1-4H3. The molecule has 1 aliphatic rings. The summed E-state index contributed by atoms with van der Waals surface area (Å²) < 4.78 is 0. The van der Waals surface area contributed by atoms with Crippen molar-refractivity contribution in [2.24, 2.45) is 17.8 Å². The molecule has 1 saturated carbocycles. The lowest BCUT2D eigenvalue weighted by atomic mass is 9.73. The van der Waals surface area contributed by atoms with Crippen molar-refractivity contribution in [1.82, 2.24) is 0 Å². The summed E-state index contributed by atoms with van der Waals surface area (Å²) in [6.45, 7) is 4.62. The van der Waals surface area contributed by atoms with Crippen LogP contribution in [-0.4, -0.2) is 19.2 Å². The molecule has 1 N–H and O–H groups in total. The number of hydrogen-bond donors (Lipinski definition) is 1. The maximum Gasteiger partial charge on any atom is 0.0819 e. The first kappa shape index (κ1) is 14.4. The van der Waals surface area contributed by atoms with Crippen LogP contribution in [0.2, 0.25) is 0 Å². The molecule has 1 aromatic rings. The fourth-order valence-corrected chi connectivity index (χ4v) is 3.53. The molecular weight excluding hydrogens is 234 g/mol. The van der Waals surface area contributed by atoms with Crippen LogP contribution in [0.1, 0.15) is 44.8 Å². The molecule has 106 valence electrons. The summed E-state index contributed by atoms with van der Waals surface area (Å²) in [4.78, 5) is 2.09. The Morgan fingerprint density at radius 2 is 1.74 bits per heavy atom. The summed E-state index contributed by atoms with van der Waals surface area (Å²) in [5, 5.41) is 10.7. The summed E-state index contributed by atoms with van der Waals surface area (Å²) in [5.74, 6) is 1.89.